The van der Waals surface area contributed by atoms with Crippen LogP contribution in [0.5, 0.6) is 0 Å². The lowest BCUT2D eigenvalue weighted by Gasteiger charge is -2.37. The zero-order valence-electron chi connectivity index (χ0n) is 9.63. The van der Waals surface area contributed by atoms with Gasteiger partial charge < -0.3 is 14.4 Å². The minimum Gasteiger partial charge on any atom is -0.481 e. The number of hydrogen-bond acceptors (Lipinski definition) is 3. The molecule has 2 atom stereocenters. The minimum atomic E-state index is -0.877. The van der Waals surface area contributed by atoms with Crippen LogP contribution in [0.1, 0.15) is 31.6 Å². The number of amides is 1. The van der Waals surface area contributed by atoms with E-state index in [2.05, 4.69) is 0 Å². The van der Waals surface area contributed by atoms with Crippen LogP contribution < -0.4 is 0 Å². The van der Waals surface area contributed by atoms with Crippen LogP contribution in [0.25, 0.3) is 0 Å². The molecule has 2 heterocycles. The van der Waals surface area contributed by atoms with Crippen LogP contribution >= 0.6 is 0 Å². The smallest absolute Gasteiger partial charge is 0.309 e. The van der Waals surface area contributed by atoms with E-state index in [9.17, 15) is 14.7 Å². The van der Waals surface area contributed by atoms with E-state index < -0.39 is 17.9 Å². The van der Waals surface area contributed by atoms with Gasteiger partial charge in [-0.1, -0.05) is 0 Å². The van der Waals surface area contributed by atoms with Crippen molar-refractivity contribution in [1.29, 1.82) is 0 Å². The highest BCUT2D eigenvalue weighted by molar-refractivity contribution is 5.81. The van der Waals surface area contributed by atoms with Gasteiger partial charge in [-0.05, 0) is 25.5 Å². The molecule has 17 heavy (non-hydrogen) atoms. The van der Waals surface area contributed by atoms with Gasteiger partial charge in [-0.25, -0.2) is 0 Å². The number of carbonyl (C=O) groups excluding carboxylic acids is 1. The molecule has 1 amide bonds. The average molecular weight is 237 g/mol. The summed E-state index contributed by atoms with van der Waals surface area (Å²) < 4.78 is 5.28. The zero-order valence-corrected chi connectivity index (χ0v) is 9.63. The van der Waals surface area contributed by atoms with Crippen molar-refractivity contribution < 1.29 is 19.1 Å². The lowest BCUT2D eigenvalue weighted by molar-refractivity contribution is -0.152. The van der Waals surface area contributed by atoms with Crippen molar-refractivity contribution in [2.45, 2.75) is 25.8 Å². The summed E-state index contributed by atoms with van der Waals surface area (Å²) in [6.07, 6.45) is 2.17. The number of nitrogens with zero attached hydrogens (tertiary/aromatic N) is 1. The summed E-state index contributed by atoms with van der Waals surface area (Å²) in [5.41, 5.74) is 0. The van der Waals surface area contributed by atoms with Crippen LogP contribution in [0, 0.1) is 5.92 Å². The normalized spacial score (nSPS) is 25.0. The Morgan fingerprint density at radius 2 is 2.41 bits per heavy atom. The molecule has 5 heteroatoms. The summed E-state index contributed by atoms with van der Waals surface area (Å²) in [6.45, 7) is 2.34. The molecular formula is C12H15NO4. The third kappa shape index (κ3) is 2.05. The maximum absolute atomic E-state index is 11.8. The van der Waals surface area contributed by atoms with E-state index >= 15 is 0 Å². The molecule has 0 bridgehead atoms. The first kappa shape index (κ1) is 11.7. The fourth-order valence-corrected chi connectivity index (χ4v) is 2.40. The maximum Gasteiger partial charge on any atom is 0.309 e. The second-order valence-corrected chi connectivity index (χ2v) is 4.12. The Morgan fingerprint density at radius 3 is 2.94 bits per heavy atom. The van der Waals surface area contributed by atoms with Crippen LogP contribution in [0.4, 0.5) is 0 Å². The van der Waals surface area contributed by atoms with Crippen molar-refractivity contribution in [2.75, 3.05) is 6.54 Å². The number of aliphatic carboxylic acids is 1. The quantitative estimate of drug-likeness (QED) is 0.867. The van der Waals surface area contributed by atoms with E-state index in [0.717, 1.165) is 0 Å². The zero-order chi connectivity index (χ0) is 12.4. The van der Waals surface area contributed by atoms with Gasteiger partial charge in [0.15, 0.2) is 0 Å². The molecule has 2 rings (SSSR count). The van der Waals surface area contributed by atoms with Crippen molar-refractivity contribution >= 4 is 11.9 Å². The third-order valence-electron chi connectivity index (χ3n) is 3.20. The van der Waals surface area contributed by atoms with Crippen molar-refractivity contribution in [1.82, 2.24) is 4.90 Å². The van der Waals surface area contributed by atoms with E-state index in [1.165, 1.54) is 6.26 Å². The van der Waals surface area contributed by atoms with E-state index in [4.69, 9.17) is 4.42 Å². The van der Waals surface area contributed by atoms with Crippen LogP contribution in [-0.2, 0) is 9.59 Å². The fraction of sp³-hybridized carbons (Fsp3) is 0.500. The lowest BCUT2D eigenvalue weighted by atomic mass is 9.87. The molecule has 1 aliphatic heterocycles. The maximum atomic E-state index is 11.8. The summed E-state index contributed by atoms with van der Waals surface area (Å²) >= 11 is 0. The molecule has 5 nitrogen and oxygen atoms in total. The summed E-state index contributed by atoms with van der Waals surface area (Å²) in [6, 6.07) is 2.96. The fourth-order valence-electron chi connectivity index (χ4n) is 2.40. The van der Waals surface area contributed by atoms with Crippen LogP contribution in [0.15, 0.2) is 22.8 Å². The Bertz CT molecular complexity index is 410. The van der Waals surface area contributed by atoms with Gasteiger partial charge in [0.25, 0.3) is 0 Å². The highest BCUT2D eigenvalue weighted by Gasteiger charge is 2.41. The van der Waals surface area contributed by atoms with E-state index in [0.29, 0.717) is 25.1 Å². The molecule has 1 N–H and O–H groups in total. The van der Waals surface area contributed by atoms with Gasteiger partial charge in [-0.3, -0.25) is 9.59 Å². The number of likely N-dealkylation sites (tertiary alicyclic amines) is 1. The highest BCUT2D eigenvalue weighted by Crippen LogP contribution is 2.36. The number of carboxylic acid groups (broad SMARTS) is 1. The van der Waals surface area contributed by atoms with Gasteiger partial charge in [0, 0.05) is 13.0 Å². The van der Waals surface area contributed by atoms with E-state index in [1.54, 1.807) is 17.0 Å². The number of carbonyl (C=O) groups is 2. The molecule has 1 aromatic heterocycles. The van der Waals surface area contributed by atoms with Gasteiger partial charge in [0.1, 0.15) is 11.8 Å². The molecule has 0 spiro atoms. The lowest BCUT2D eigenvalue weighted by Crippen LogP contribution is -2.45. The molecule has 0 radical (unpaired) electrons. The first-order valence-corrected chi connectivity index (χ1v) is 5.70. The topological polar surface area (TPSA) is 70.8 Å². The van der Waals surface area contributed by atoms with Crippen molar-refractivity contribution in [3.05, 3.63) is 24.2 Å². The van der Waals surface area contributed by atoms with Crippen LogP contribution in [-0.4, -0.2) is 28.4 Å². The monoisotopic (exact) mass is 237 g/mol. The summed E-state index contributed by atoms with van der Waals surface area (Å²) in [5.74, 6) is -0.921. The Kier molecular flexibility index (Phi) is 3.17. The molecule has 0 aliphatic carbocycles. The Morgan fingerprint density at radius 1 is 1.65 bits per heavy atom. The molecule has 92 valence electrons. The van der Waals surface area contributed by atoms with Crippen molar-refractivity contribution in [3.8, 4) is 0 Å². The molecule has 1 saturated heterocycles. The molecule has 2 unspecified atom stereocenters. The summed E-state index contributed by atoms with van der Waals surface area (Å²) in [5, 5.41) is 9.23. The Labute approximate surface area is 99.0 Å². The molecule has 1 aliphatic rings. The SMILES string of the molecule is CCN1C(=O)CCC(C(=O)O)C1c1ccco1. The number of carboxylic acids is 1. The number of hydrogen-bond donors (Lipinski definition) is 1. The average Bonchev–Trinajstić information content (AvgIpc) is 2.81. The van der Waals surface area contributed by atoms with Crippen LogP contribution in [0.2, 0.25) is 0 Å². The first-order chi connectivity index (χ1) is 8.15. The number of rotatable bonds is 3. The molecule has 0 aromatic carbocycles. The van der Waals surface area contributed by atoms with Crippen LogP contribution in [0.3, 0.4) is 0 Å². The summed E-state index contributed by atoms with van der Waals surface area (Å²) in [4.78, 5) is 24.6. The number of furan rings is 1. The Balaban J connectivity index is 2.36. The van der Waals surface area contributed by atoms with Gasteiger partial charge in [0.2, 0.25) is 5.91 Å². The minimum absolute atomic E-state index is 0.00796. The molecular weight excluding hydrogens is 222 g/mol. The van der Waals surface area contributed by atoms with Gasteiger partial charge in [-0.2, -0.15) is 0 Å². The Hall–Kier alpha value is -1.78. The van der Waals surface area contributed by atoms with E-state index in [-0.39, 0.29) is 5.91 Å². The van der Waals surface area contributed by atoms with Crippen molar-refractivity contribution in [2.24, 2.45) is 5.92 Å². The molecule has 1 aromatic rings. The number of piperidine rings is 1. The first-order valence-electron chi connectivity index (χ1n) is 5.70. The molecule has 1 fully saturated rings. The second kappa shape index (κ2) is 4.61. The van der Waals surface area contributed by atoms with Gasteiger partial charge >= 0.3 is 5.97 Å². The predicted octanol–water partition coefficient (Wildman–Crippen LogP) is 1.66. The predicted molar refractivity (Wildman–Crippen MR) is 59.2 cm³/mol. The van der Waals surface area contributed by atoms with Crippen molar-refractivity contribution in [3.63, 3.8) is 0 Å². The van der Waals surface area contributed by atoms with Gasteiger partial charge in [-0.15, -0.1) is 0 Å². The second-order valence-electron chi connectivity index (χ2n) is 4.12. The van der Waals surface area contributed by atoms with E-state index in [1.807, 2.05) is 6.92 Å². The highest BCUT2D eigenvalue weighted by atomic mass is 16.4. The molecule has 0 saturated carbocycles. The third-order valence-corrected chi connectivity index (χ3v) is 3.20. The largest absolute Gasteiger partial charge is 0.481 e. The van der Waals surface area contributed by atoms with Gasteiger partial charge in [0.05, 0.1) is 12.2 Å². The standard InChI is InChI=1S/C12H15NO4/c1-2-13-10(14)6-5-8(12(15)16)11(13)9-4-3-7-17-9/h3-4,7-8,11H,2,5-6H2,1H3,(H,15,16). The summed E-state index contributed by atoms with van der Waals surface area (Å²) in [7, 11) is 0.